The van der Waals surface area contributed by atoms with E-state index in [1.807, 2.05) is 37.3 Å². The Labute approximate surface area is 128 Å². The van der Waals surface area contributed by atoms with E-state index in [1.165, 1.54) is 0 Å². The first-order valence-corrected chi connectivity index (χ1v) is 7.23. The average Bonchev–Trinajstić information content (AvgIpc) is 2.47. The Bertz CT molecular complexity index is 629. The summed E-state index contributed by atoms with van der Waals surface area (Å²) in [5.41, 5.74) is 7.60. The van der Waals surface area contributed by atoms with Crippen LogP contribution in [0.5, 0.6) is 0 Å². The lowest BCUT2D eigenvalue weighted by atomic mass is 10.1. The molecule has 0 aliphatic carbocycles. The molecule has 1 aromatic carbocycles. The van der Waals surface area contributed by atoms with E-state index in [4.69, 9.17) is 22.1 Å². The van der Waals surface area contributed by atoms with Gasteiger partial charge in [-0.2, -0.15) is 4.98 Å². The van der Waals surface area contributed by atoms with E-state index in [1.54, 1.807) is 0 Å². The summed E-state index contributed by atoms with van der Waals surface area (Å²) in [4.78, 5) is 10.6. The molecule has 1 aromatic heterocycles. The number of benzene rings is 1. The van der Waals surface area contributed by atoms with Crippen molar-refractivity contribution < 1.29 is 4.74 Å². The zero-order valence-corrected chi connectivity index (χ0v) is 12.5. The standard InChI is InChI=1S/C15H17ClN4O/c1-10-8-14(19-15(17)18-10)20-6-7-21-13(9-20)11-4-2-3-5-12(11)16/h2-5,8,13H,6-7,9H2,1H3,(H2,17,18,19)/t13-/m1/s1. The maximum Gasteiger partial charge on any atom is 0.222 e. The molecule has 0 saturated carbocycles. The highest BCUT2D eigenvalue weighted by atomic mass is 35.5. The Morgan fingerprint density at radius 3 is 2.90 bits per heavy atom. The highest BCUT2D eigenvalue weighted by Gasteiger charge is 2.24. The molecule has 21 heavy (non-hydrogen) atoms. The first-order chi connectivity index (χ1) is 10.1. The lowest BCUT2D eigenvalue weighted by Gasteiger charge is -2.34. The van der Waals surface area contributed by atoms with Crippen molar-refractivity contribution in [3.05, 3.63) is 46.6 Å². The second kappa shape index (κ2) is 5.87. The third kappa shape index (κ3) is 3.09. The Balaban J connectivity index is 1.84. The number of hydrogen-bond acceptors (Lipinski definition) is 5. The van der Waals surface area contributed by atoms with Crippen molar-refractivity contribution >= 4 is 23.4 Å². The molecule has 0 amide bonds. The van der Waals surface area contributed by atoms with Crippen LogP contribution in [0, 0.1) is 6.92 Å². The van der Waals surface area contributed by atoms with Crippen molar-refractivity contribution in [3.8, 4) is 0 Å². The van der Waals surface area contributed by atoms with Gasteiger partial charge in [0.05, 0.1) is 6.61 Å². The zero-order chi connectivity index (χ0) is 14.8. The fourth-order valence-corrected chi connectivity index (χ4v) is 2.78. The monoisotopic (exact) mass is 304 g/mol. The van der Waals surface area contributed by atoms with Crippen molar-refractivity contribution in [2.45, 2.75) is 13.0 Å². The third-order valence-electron chi connectivity index (χ3n) is 3.50. The van der Waals surface area contributed by atoms with Gasteiger partial charge in [-0.25, -0.2) is 4.98 Å². The molecule has 1 aliphatic rings. The van der Waals surface area contributed by atoms with Crippen LogP contribution < -0.4 is 10.6 Å². The van der Waals surface area contributed by atoms with Gasteiger partial charge in [0.25, 0.3) is 0 Å². The summed E-state index contributed by atoms with van der Waals surface area (Å²) < 4.78 is 5.86. The predicted molar refractivity (Wildman–Crippen MR) is 83.5 cm³/mol. The molecule has 0 radical (unpaired) electrons. The highest BCUT2D eigenvalue weighted by molar-refractivity contribution is 6.31. The second-order valence-corrected chi connectivity index (χ2v) is 5.46. The average molecular weight is 305 g/mol. The molecule has 1 aliphatic heterocycles. The maximum atomic E-state index is 6.26. The number of hydrogen-bond donors (Lipinski definition) is 1. The molecule has 0 spiro atoms. The van der Waals surface area contributed by atoms with E-state index in [9.17, 15) is 0 Å². The van der Waals surface area contributed by atoms with E-state index >= 15 is 0 Å². The van der Waals surface area contributed by atoms with E-state index in [2.05, 4.69) is 14.9 Å². The number of halogens is 1. The van der Waals surface area contributed by atoms with Gasteiger partial charge in [-0.1, -0.05) is 29.8 Å². The summed E-state index contributed by atoms with van der Waals surface area (Å²) >= 11 is 6.26. The number of nitrogen functional groups attached to an aromatic ring is 1. The molecule has 1 saturated heterocycles. The first-order valence-electron chi connectivity index (χ1n) is 6.85. The van der Waals surface area contributed by atoms with E-state index < -0.39 is 0 Å². The van der Waals surface area contributed by atoms with Crippen LogP contribution in [0.2, 0.25) is 5.02 Å². The fourth-order valence-electron chi connectivity index (χ4n) is 2.52. The highest BCUT2D eigenvalue weighted by Crippen LogP contribution is 2.30. The topological polar surface area (TPSA) is 64.3 Å². The second-order valence-electron chi connectivity index (χ2n) is 5.05. The summed E-state index contributed by atoms with van der Waals surface area (Å²) in [6.07, 6.45) is -0.0658. The zero-order valence-electron chi connectivity index (χ0n) is 11.8. The Hall–Kier alpha value is -1.85. The van der Waals surface area contributed by atoms with Crippen LogP contribution in [-0.4, -0.2) is 29.7 Å². The van der Waals surface area contributed by atoms with Gasteiger partial charge in [-0.15, -0.1) is 0 Å². The molecule has 6 heteroatoms. The minimum absolute atomic E-state index is 0.0658. The van der Waals surface area contributed by atoms with Crippen LogP contribution >= 0.6 is 11.6 Å². The van der Waals surface area contributed by atoms with Crippen molar-refractivity contribution in [2.75, 3.05) is 30.3 Å². The SMILES string of the molecule is Cc1cc(N2CCO[C@@H](c3ccccc3Cl)C2)nc(N)n1. The van der Waals surface area contributed by atoms with Gasteiger partial charge in [0.2, 0.25) is 5.95 Å². The predicted octanol–water partition coefficient (Wildman–Crippen LogP) is 2.60. The van der Waals surface area contributed by atoms with Crippen molar-refractivity contribution in [3.63, 3.8) is 0 Å². The normalized spacial score (nSPS) is 18.8. The van der Waals surface area contributed by atoms with Gasteiger partial charge in [0, 0.05) is 35.4 Å². The lowest BCUT2D eigenvalue weighted by molar-refractivity contribution is 0.0396. The number of anilines is 2. The molecule has 2 aromatic rings. The Morgan fingerprint density at radius 2 is 2.14 bits per heavy atom. The molecule has 0 unspecified atom stereocenters. The molecule has 5 nitrogen and oxygen atoms in total. The van der Waals surface area contributed by atoms with Crippen LogP contribution in [0.15, 0.2) is 30.3 Å². The van der Waals surface area contributed by atoms with Gasteiger partial charge in [0.15, 0.2) is 0 Å². The smallest absolute Gasteiger partial charge is 0.222 e. The van der Waals surface area contributed by atoms with Crippen LogP contribution in [0.1, 0.15) is 17.4 Å². The quantitative estimate of drug-likeness (QED) is 0.924. The van der Waals surface area contributed by atoms with Gasteiger partial charge in [-0.05, 0) is 13.0 Å². The van der Waals surface area contributed by atoms with Gasteiger partial charge < -0.3 is 15.4 Å². The molecule has 0 bridgehead atoms. The van der Waals surface area contributed by atoms with Crippen LogP contribution in [0.4, 0.5) is 11.8 Å². The number of aromatic nitrogens is 2. The van der Waals surface area contributed by atoms with Gasteiger partial charge >= 0.3 is 0 Å². The summed E-state index contributed by atoms with van der Waals surface area (Å²) in [5, 5.41) is 0.725. The lowest BCUT2D eigenvalue weighted by Crippen LogP contribution is -2.39. The number of nitrogens with two attached hydrogens (primary N) is 1. The first kappa shape index (κ1) is 14.1. The molecule has 1 fully saturated rings. The van der Waals surface area contributed by atoms with E-state index in [0.717, 1.165) is 28.6 Å². The Kier molecular flexibility index (Phi) is 3.94. The molecule has 1 atom stereocenters. The number of rotatable bonds is 2. The van der Waals surface area contributed by atoms with Crippen molar-refractivity contribution in [1.29, 1.82) is 0 Å². The van der Waals surface area contributed by atoms with E-state index in [0.29, 0.717) is 19.1 Å². The summed E-state index contributed by atoms with van der Waals surface area (Å²) in [5.74, 6) is 1.13. The summed E-state index contributed by atoms with van der Waals surface area (Å²) in [7, 11) is 0. The fraction of sp³-hybridized carbons (Fsp3) is 0.333. The molecular weight excluding hydrogens is 288 g/mol. The molecule has 110 valence electrons. The van der Waals surface area contributed by atoms with Crippen molar-refractivity contribution in [2.24, 2.45) is 0 Å². The molecule has 2 N–H and O–H groups in total. The number of ether oxygens (including phenoxy) is 1. The third-order valence-corrected chi connectivity index (χ3v) is 3.84. The largest absolute Gasteiger partial charge is 0.370 e. The summed E-state index contributed by atoms with van der Waals surface area (Å²) in [6.45, 7) is 4.00. The number of aryl methyl sites for hydroxylation is 1. The number of morpholine rings is 1. The van der Waals surface area contributed by atoms with Crippen LogP contribution in [-0.2, 0) is 4.74 Å². The molecular formula is C15H17ClN4O. The van der Waals surface area contributed by atoms with Gasteiger partial charge in [0.1, 0.15) is 11.9 Å². The minimum atomic E-state index is -0.0658. The van der Waals surface area contributed by atoms with Crippen molar-refractivity contribution in [1.82, 2.24) is 9.97 Å². The maximum absolute atomic E-state index is 6.26. The van der Waals surface area contributed by atoms with Gasteiger partial charge in [-0.3, -0.25) is 0 Å². The number of nitrogens with zero attached hydrogens (tertiary/aromatic N) is 3. The minimum Gasteiger partial charge on any atom is -0.370 e. The molecule has 2 heterocycles. The van der Waals surface area contributed by atoms with Crippen LogP contribution in [0.3, 0.4) is 0 Å². The summed E-state index contributed by atoms with van der Waals surface area (Å²) in [6, 6.07) is 9.70. The Morgan fingerprint density at radius 1 is 1.33 bits per heavy atom. The van der Waals surface area contributed by atoms with Crippen LogP contribution in [0.25, 0.3) is 0 Å². The van der Waals surface area contributed by atoms with E-state index in [-0.39, 0.29) is 6.10 Å². The molecule has 3 rings (SSSR count).